The summed E-state index contributed by atoms with van der Waals surface area (Å²) in [6, 6.07) is 14.7. The van der Waals surface area contributed by atoms with Crippen molar-refractivity contribution in [1.29, 1.82) is 5.26 Å². The third-order valence-electron chi connectivity index (χ3n) is 3.99. The molecule has 0 amide bonds. The number of ether oxygens (including phenoxy) is 2. The average Bonchev–Trinajstić information content (AvgIpc) is 2.68. The Morgan fingerprint density at radius 1 is 1.27 bits per heavy atom. The topological polar surface area (TPSA) is 98.2 Å². The molecule has 2 heterocycles. The van der Waals surface area contributed by atoms with Crippen LogP contribution < -0.4 is 5.73 Å². The number of aromatic nitrogens is 1. The Kier molecular flexibility index (Phi) is 4.99. The average molecular weight is 347 g/mol. The predicted molar refractivity (Wildman–Crippen MR) is 94.9 cm³/mol. The molecule has 0 unspecified atom stereocenters. The van der Waals surface area contributed by atoms with Gasteiger partial charge < -0.3 is 15.2 Å². The molecular formula is C20H17N3O3. The largest absolute Gasteiger partial charge is 0.463 e. The summed E-state index contributed by atoms with van der Waals surface area (Å²) in [7, 11) is 0. The zero-order chi connectivity index (χ0) is 18.5. The van der Waals surface area contributed by atoms with Gasteiger partial charge in [0.2, 0.25) is 5.88 Å². The second kappa shape index (κ2) is 7.53. The molecule has 0 saturated carbocycles. The molecule has 0 fully saturated rings. The Labute approximate surface area is 151 Å². The van der Waals surface area contributed by atoms with E-state index in [2.05, 4.69) is 11.1 Å². The van der Waals surface area contributed by atoms with Gasteiger partial charge in [-0.25, -0.2) is 4.79 Å². The van der Waals surface area contributed by atoms with Gasteiger partial charge in [-0.05, 0) is 24.6 Å². The number of nitrogens with two attached hydrogens (primary N) is 1. The van der Waals surface area contributed by atoms with Crippen molar-refractivity contribution in [2.45, 2.75) is 12.8 Å². The fourth-order valence-corrected chi connectivity index (χ4v) is 2.87. The maximum absolute atomic E-state index is 12.8. The van der Waals surface area contributed by atoms with Gasteiger partial charge in [-0.1, -0.05) is 30.3 Å². The minimum atomic E-state index is -0.689. The van der Waals surface area contributed by atoms with Crippen molar-refractivity contribution in [2.75, 3.05) is 6.61 Å². The molecule has 0 radical (unpaired) electrons. The minimum Gasteiger partial charge on any atom is -0.463 e. The Morgan fingerprint density at radius 2 is 1.96 bits per heavy atom. The first-order chi connectivity index (χ1) is 12.7. The quantitative estimate of drug-likeness (QED) is 0.854. The standard InChI is InChI=1S/C20H17N3O3/c1-2-25-20(24)17-16(13-8-10-23-11-9-13)15(12-21)19(22)26-18(17)14-6-4-3-5-7-14/h3-11,16H,2,22H2,1H3/t16-/m0/s1. The zero-order valence-corrected chi connectivity index (χ0v) is 14.2. The van der Waals surface area contributed by atoms with Crippen LogP contribution >= 0.6 is 0 Å². The number of benzene rings is 1. The molecule has 1 aliphatic heterocycles. The Balaban J connectivity index is 2.27. The number of nitrogens with zero attached hydrogens (tertiary/aromatic N) is 2. The normalized spacial score (nSPS) is 16.7. The number of rotatable bonds is 4. The number of pyridine rings is 1. The highest BCUT2D eigenvalue weighted by Crippen LogP contribution is 2.42. The van der Waals surface area contributed by atoms with Crippen LogP contribution in [-0.4, -0.2) is 17.6 Å². The Hall–Kier alpha value is -3.59. The molecule has 0 aliphatic carbocycles. The van der Waals surface area contributed by atoms with Crippen LogP contribution in [0, 0.1) is 11.3 Å². The molecule has 0 bridgehead atoms. The van der Waals surface area contributed by atoms with Crippen molar-refractivity contribution >= 4 is 11.7 Å². The summed E-state index contributed by atoms with van der Waals surface area (Å²) in [5, 5.41) is 9.62. The highest BCUT2D eigenvalue weighted by Gasteiger charge is 2.38. The molecular weight excluding hydrogens is 330 g/mol. The molecule has 130 valence electrons. The van der Waals surface area contributed by atoms with Crippen LogP contribution in [0.15, 0.2) is 71.9 Å². The summed E-state index contributed by atoms with van der Waals surface area (Å²) in [5.41, 5.74) is 7.81. The van der Waals surface area contributed by atoms with E-state index in [4.69, 9.17) is 15.2 Å². The Bertz CT molecular complexity index is 912. The molecule has 1 aliphatic rings. The van der Waals surface area contributed by atoms with Crippen molar-refractivity contribution in [2.24, 2.45) is 5.73 Å². The van der Waals surface area contributed by atoms with Crippen molar-refractivity contribution in [1.82, 2.24) is 4.98 Å². The second-order valence-electron chi connectivity index (χ2n) is 5.53. The van der Waals surface area contributed by atoms with Crippen LogP contribution in [0.2, 0.25) is 0 Å². The monoisotopic (exact) mass is 347 g/mol. The summed E-state index contributed by atoms with van der Waals surface area (Å²) in [5.74, 6) is -0.969. The number of carbonyl (C=O) groups is 1. The predicted octanol–water partition coefficient (Wildman–Crippen LogP) is 2.86. The molecule has 1 aromatic heterocycles. The van der Waals surface area contributed by atoms with E-state index in [0.717, 1.165) is 0 Å². The summed E-state index contributed by atoms with van der Waals surface area (Å²) < 4.78 is 11.0. The van der Waals surface area contributed by atoms with E-state index in [-0.39, 0.29) is 23.6 Å². The number of allylic oxidation sites excluding steroid dienone is 1. The fraction of sp³-hybridized carbons (Fsp3) is 0.150. The van der Waals surface area contributed by atoms with E-state index in [1.165, 1.54) is 0 Å². The van der Waals surface area contributed by atoms with Gasteiger partial charge in [-0.15, -0.1) is 0 Å². The van der Waals surface area contributed by atoms with Gasteiger partial charge in [-0.2, -0.15) is 5.26 Å². The van der Waals surface area contributed by atoms with Gasteiger partial charge in [0.15, 0.2) is 0 Å². The van der Waals surface area contributed by atoms with Crippen molar-refractivity contribution < 1.29 is 14.3 Å². The first kappa shape index (κ1) is 17.2. The van der Waals surface area contributed by atoms with Gasteiger partial charge in [0.05, 0.1) is 18.1 Å². The smallest absolute Gasteiger partial charge is 0.338 e. The maximum atomic E-state index is 12.8. The number of esters is 1. The number of nitriles is 1. The SMILES string of the molecule is CCOC(=O)C1=C(c2ccccc2)OC(N)=C(C#N)[C@@H]1c1ccncc1. The summed E-state index contributed by atoms with van der Waals surface area (Å²) >= 11 is 0. The van der Waals surface area contributed by atoms with Crippen molar-refractivity contribution in [3.8, 4) is 6.07 Å². The summed E-state index contributed by atoms with van der Waals surface area (Å²) in [4.78, 5) is 16.8. The number of carbonyl (C=O) groups excluding carboxylic acids is 1. The molecule has 6 heteroatoms. The van der Waals surface area contributed by atoms with E-state index < -0.39 is 11.9 Å². The summed E-state index contributed by atoms with van der Waals surface area (Å²) in [6.45, 7) is 1.93. The Morgan fingerprint density at radius 3 is 2.58 bits per heavy atom. The summed E-state index contributed by atoms with van der Waals surface area (Å²) in [6.07, 6.45) is 3.20. The lowest BCUT2D eigenvalue weighted by Crippen LogP contribution is -2.25. The molecule has 2 N–H and O–H groups in total. The fourth-order valence-electron chi connectivity index (χ4n) is 2.87. The molecule has 0 spiro atoms. The zero-order valence-electron chi connectivity index (χ0n) is 14.2. The van der Waals surface area contributed by atoms with Crippen LogP contribution in [0.5, 0.6) is 0 Å². The molecule has 2 aromatic rings. The number of hydrogen-bond acceptors (Lipinski definition) is 6. The van der Waals surface area contributed by atoms with Crippen LogP contribution in [0.4, 0.5) is 0 Å². The third-order valence-corrected chi connectivity index (χ3v) is 3.99. The molecule has 3 rings (SSSR count). The highest BCUT2D eigenvalue weighted by atomic mass is 16.5. The highest BCUT2D eigenvalue weighted by molar-refractivity contribution is 5.99. The van der Waals surface area contributed by atoms with Crippen LogP contribution in [-0.2, 0) is 14.3 Å². The van der Waals surface area contributed by atoms with Gasteiger partial charge >= 0.3 is 5.97 Å². The second-order valence-corrected chi connectivity index (χ2v) is 5.53. The van der Waals surface area contributed by atoms with Gasteiger partial charge in [0.25, 0.3) is 0 Å². The first-order valence-corrected chi connectivity index (χ1v) is 8.11. The van der Waals surface area contributed by atoms with Crippen LogP contribution in [0.1, 0.15) is 24.0 Å². The molecule has 26 heavy (non-hydrogen) atoms. The maximum Gasteiger partial charge on any atom is 0.338 e. The van der Waals surface area contributed by atoms with E-state index in [1.54, 1.807) is 31.5 Å². The molecule has 6 nitrogen and oxygen atoms in total. The van der Waals surface area contributed by atoms with E-state index in [9.17, 15) is 10.1 Å². The first-order valence-electron chi connectivity index (χ1n) is 8.11. The molecule has 1 atom stereocenters. The van der Waals surface area contributed by atoms with Gasteiger partial charge in [0, 0.05) is 18.0 Å². The van der Waals surface area contributed by atoms with Gasteiger partial charge in [0.1, 0.15) is 17.4 Å². The van der Waals surface area contributed by atoms with Crippen LogP contribution in [0.25, 0.3) is 5.76 Å². The van der Waals surface area contributed by atoms with E-state index >= 15 is 0 Å². The lowest BCUT2D eigenvalue weighted by atomic mass is 9.82. The lowest BCUT2D eigenvalue weighted by Gasteiger charge is -2.28. The third kappa shape index (κ3) is 3.15. The molecule has 0 saturated heterocycles. The minimum absolute atomic E-state index is 0.0267. The van der Waals surface area contributed by atoms with E-state index in [1.807, 2.05) is 30.3 Å². The van der Waals surface area contributed by atoms with Crippen molar-refractivity contribution in [3.63, 3.8) is 0 Å². The van der Waals surface area contributed by atoms with E-state index in [0.29, 0.717) is 16.9 Å². The van der Waals surface area contributed by atoms with Crippen molar-refractivity contribution in [3.05, 3.63) is 83.0 Å². The van der Waals surface area contributed by atoms with Crippen LogP contribution in [0.3, 0.4) is 0 Å². The molecule has 1 aromatic carbocycles. The number of hydrogen-bond donors (Lipinski definition) is 1. The lowest BCUT2D eigenvalue weighted by molar-refractivity contribution is -0.138. The van der Waals surface area contributed by atoms with Gasteiger partial charge in [-0.3, -0.25) is 4.98 Å².